The molecule has 116 valence electrons. The van der Waals surface area contributed by atoms with Crippen molar-refractivity contribution < 1.29 is 4.79 Å². The van der Waals surface area contributed by atoms with Gasteiger partial charge in [-0.25, -0.2) is 0 Å². The lowest BCUT2D eigenvalue weighted by molar-refractivity contribution is -0.130. The first-order valence-corrected chi connectivity index (χ1v) is 8.36. The first-order chi connectivity index (χ1) is 9.69. The first-order valence-electron chi connectivity index (χ1n) is 8.36. The van der Waals surface area contributed by atoms with Gasteiger partial charge in [-0.05, 0) is 64.2 Å². The Hall–Kier alpha value is -0.610. The van der Waals surface area contributed by atoms with Crippen LogP contribution in [0.15, 0.2) is 0 Å². The van der Waals surface area contributed by atoms with Crippen LogP contribution >= 0.6 is 0 Å². The summed E-state index contributed by atoms with van der Waals surface area (Å²) in [5, 5.41) is 3.38. The zero-order valence-electron chi connectivity index (χ0n) is 13.2. The van der Waals surface area contributed by atoms with E-state index in [1.54, 1.807) is 0 Å². The molecule has 2 unspecified atom stereocenters. The summed E-state index contributed by atoms with van der Waals surface area (Å²) < 4.78 is 0. The summed E-state index contributed by atoms with van der Waals surface area (Å²) in [5.41, 5.74) is 0. The van der Waals surface area contributed by atoms with Crippen LogP contribution in [0.1, 0.15) is 39.0 Å². The Labute approximate surface area is 123 Å². The van der Waals surface area contributed by atoms with Gasteiger partial charge >= 0.3 is 0 Å². The van der Waals surface area contributed by atoms with E-state index in [1.807, 2.05) is 0 Å². The van der Waals surface area contributed by atoms with Crippen LogP contribution in [0.25, 0.3) is 0 Å². The van der Waals surface area contributed by atoms with E-state index >= 15 is 0 Å². The van der Waals surface area contributed by atoms with Crippen LogP contribution < -0.4 is 5.32 Å². The molecule has 2 aliphatic rings. The lowest BCUT2D eigenvalue weighted by Crippen LogP contribution is -2.32. The van der Waals surface area contributed by atoms with Gasteiger partial charge in [-0.15, -0.1) is 0 Å². The second kappa shape index (κ2) is 7.99. The minimum absolute atomic E-state index is 0.387. The van der Waals surface area contributed by atoms with E-state index in [0.29, 0.717) is 11.8 Å². The van der Waals surface area contributed by atoms with Gasteiger partial charge in [-0.3, -0.25) is 4.79 Å². The molecule has 2 saturated heterocycles. The van der Waals surface area contributed by atoms with Crippen molar-refractivity contribution in [3.63, 3.8) is 0 Å². The summed E-state index contributed by atoms with van der Waals surface area (Å²) in [6.45, 7) is 8.73. The molecule has 0 aromatic heterocycles. The van der Waals surface area contributed by atoms with Crippen molar-refractivity contribution in [2.24, 2.45) is 11.8 Å². The fourth-order valence-corrected chi connectivity index (χ4v) is 3.57. The molecule has 4 heteroatoms. The Morgan fingerprint density at radius 1 is 1.35 bits per heavy atom. The largest absolute Gasteiger partial charge is 0.342 e. The van der Waals surface area contributed by atoms with Crippen molar-refractivity contribution in [1.82, 2.24) is 15.1 Å². The predicted molar refractivity (Wildman–Crippen MR) is 82.7 cm³/mol. The van der Waals surface area contributed by atoms with Crippen LogP contribution in [0.4, 0.5) is 0 Å². The standard InChI is InChI=1S/C16H31N3O/c1-3-9-18(2)12-15-7-10-19(13-15)16(20)5-4-14-6-8-17-11-14/h14-15,17H,3-13H2,1-2H3. The normalized spacial score (nSPS) is 26.6. The average molecular weight is 281 g/mol. The number of nitrogens with one attached hydrogen (secondary N) is 1. The molecule has 2 aliphatic heterocycles. The van der Waals surface area contributed by atoms with Crippen molar-refractivity contribution >= 4 is 5.91 Å². The maximum absolute atomic E-state index is 12.3. The molecule has 1 N–H and O–H groups in total. The van der Waals surface area contributed by atoms with E-state index in [9.17, 15) is 4.79 Å². The molecule has 0 aromatic rings. The van der Waals surface area contributed by atoms with E-state index in [4.69, 9.17) is 0 Å². The SMILES string of the molecule is CCCN(C)CC1CCN(C(=O)CCC2CCNC2)C1. The maximum atomic E-state index is 12.3. The van der Waals surface area contributed by atoms with Crippen molar-refractivity contribution in [3.8, 4) is 0 Å². The number of likely N-dealkylation sites (tertiary alicyclic amines) is 1. The number of hydrogen-bond acceptors (Lipinski definition) is 3. The smallest absolute Gasteiger partial charge is 0.222 e. The van der Waals surface area contributed by atoms with E-state index < -0.39 is 0 Å². The molecule has 0 spiro atoms. The maximum Gasteiger partial charge on any atom is 0.222 e. The molecule has 2 atom stereocenters. The zero-order chi connectivity index (χ0) is 14.4. The number of carbonyl (C=O) groups is 1. The highest BCUT2D eigenvalue weighted by Crippen LogP contribution is 2.20. The molecule has 0 bridgehead atoms. The lowest BCUT2D eigenvalue weighted by Gasteiger charge is -2.21. The Bertz CT molecular complexity index is 302. The van der Waals surface area contributed by atoms with Gasteiger partial charge in [0.05, 0.1) is 0 Å². The molecular formula is C16H31N3O. The topological polar surface area (TPSA) is 35.6 Å². The summed E-state index contributed by atoms with van der Waals surface area (Å²) in [7, 11) is 2.20. The summed E-state index contributed by atoms with van der Waals surface area (Å²) in [4.78, 5) is 16.8. The van der Waals surface area contributed by atoms with Gasteiger partial charge in [-0.1, -0.05) is 6.92 Å². The quantitative estimate of drug-likeness (QED) is 0.769. The van der Waals surface area contributed by atoms with Gasteiger partial charge in [0.2, 0.25) is 5.91 Å². The fraction of sp³-hybridized carbons (Fsp3) is 0.938. The number of rotatable bonds is 7. The molecule has 0 saturated carbocycles. The monoisotopic (exact) mass is 281 g/mol. The van der Waals surface area contributed by atoms with E-state index in [1.165, 1.54) is 25.8 Å². The third-order valence-electron chi connectivity index (χ3n) is 4.74. The minimum Gasteiger partial charge on any atom is -0.342 e. The van der Waals surface area contributed by atoms with Crippen LogP contribution in [0.5, 0.6) is 0 Å². The zero-order valence-corrected chi connectivity index (χ0v) is 13.2. The van der Waals surface area contributed by atoms with Gasteiger partial charge < -0.3 is 15.1 Å². The highest BCUT2D eigenvalue weighted by molar-refractivity contribution is 5.76. The summed E-state index contributed by atoms with van der Waals surface area (Å²) in [6.07, 6.45) is 5.47. The molecule has 1 amide bonds. The predicted octanol–water partition coefficient (Wildman–Crippen LogP) is 1.57. The molecule has 0 aliphatic carbocycles. The number of amides is 1. The Balaban J connectivity index is 1.64. The summed E-state index contributed by atoms with van der Waals surface area (Å²) in [5.74, 6) is 1.80. The molecule has 4 nitrogen and oxygen atoms in total. The van der Waals surface area contributed by atoms with Crippen LogP contribution in [0.2, 0.25) is 0 Å². The van der Waals surface area contributed by atoms with Crippen molar-refractivity contribution in [2.45, 2.75) is 39.0 Å². The van der Waals surface area contributed by atoms with Gasteiger partial charge in [0.15, 0.2) is 0 Å². The highest BCUT2D eigenvalue weighted by atomic mass is 16.2. The Kier molecular flexibility index (Phi) is 6.30. The van der Waals surface area contributed by atoms with E-state index in [-0.39, 0.29) is 0 Å². The van der Waals surface area contributed by atoms with Crippen molar-refractivity contribution in [3.05, 3.63) is 0 Å². The van der Waals surface area contributed by atoms with Gasteiger partial charge in [0.25, 0.3) is 0 Å². The van der Waals surface area contributed by atoms with Crippen molar-refractivity contribution in [1.29, 1.82) is 0 Å². The van der Waals surface area contributed by atoms with Gasteiger partial charge in [0, 0.05) is 26.1 Å². The van der Waals surface area contributed by atoms with Crippen LogP contribution in [0, 0.1) is 11.8 Å². The van der Waals surface area contributed by atoms with E-state index in [2.05, 4.69) is 29.1 Å². The second-order valence-corrected chi connectivity index (χ2v) is 6.65. The second-order valence-electron chi connectivity index (χ2n) is 6.65. The van der Waals surface area contributed by atoms with Gasteiger partial charge in [0.1, 0.15) is 0 Å². The first kappa shape index (κ1) is 15.8. The Morgan fingerprint density at radius 2 is 2.20 bits per heavy atom. The summed E-state index contributed by atoms with van der Waals surface area (Å²) >= 11 is 0. The lowest BCUT2D eigenvalue weighted by atomic mass is 10.0. The van der Waals surface area contributed by atoms with Crippen LogP contribution in [-0.4, -0.2) is 62.0 Å². The Morgan fingerprint density at radius 3 is 2.90 bits per heavy atom. The molecule has 0 aromatic carbocycles. The third-order valence-corrected chi connectivity index (χ3v) is 4.74. The van der Waals surface area contributed by atoms with Crippen LogP contribution in [0.3, 0.4) is 0 Å². The van der Waals surface area contributed by atoms with Gasteiger partial charge in [-0.2, -0.15) is 0 Å². The summed E-state index contributed by atoms with van der Waals surface area (Å²) in [6, 6.07) is 0. The number of nitrogens with zero attached hydrogens (tertiary/aromatic N) is 2. The molecule has 2 fully saturated rings. The molecule has 0 radical (unpaired) electrons. The molecule has 20 heavy (non-hydrogen) atoms. The highest BCUT2D eigenvalue weighted by Gasteiger charge is 2.27. The average Bonchev–Trinajstić information content (AvgIpc) is 3.07. The number of hydrogen-bond donors (Lipinski definition) is 1. The molecule has 2 heterocycles. The van der Waals surface area contributed by atoms with Crippen molar-refractivity contribution in [2.75, 3.05) is 46.3 Å². The fourth-order valence-electron chi connectivity index (χ4n) is 3.57. The third kappa shape index (κ3) is 4.74. The minimum atomic E-state index is 0.387. The number of carbonyl (C=O) groups excluding carboxylic acids is 1. The molecular weight excluding hydrogens is 250 g/mol. The van der Waals surface area contributed by atoms with Crippen LogP contribution in [-0.2, 0) is 4.79 Å². The molecule has 2 rings (SSSR count). The van der Waals surface area contributed by atoms with E-state index in [0.717, 1.165) is 51.5 Å².